The molecule has 0 aliphatic rings. The molecule has 0 aliphatic heterocycles. The van der Waals surface area contributed by atoms with Crippen LogP contribution in [0.5, 0.6) is 0 Å². The number of hydrogen-bond acceptors (Lipinski definition) is 7. The second kappa shape index (κ2) is 10.2. The summed E-state index contributed by atoms with van der Waals surface area (Å²) in [6.45, 7) is 1.84. The van der Waals surface area contributed by atoms with Crippen LogP contribution in [0, 0.1) is 10.1 Å². The largest absolute Gasteiger partial charge is 0.356 e. The van der Waals surface area contributed by atoms with Gasteiger partial charge in [0.25, 0.3) is 5.69 Å². The number of nitrogens with one attached hydrogen (secondary N) is 1. The van der Waals surface area contributed by atoms with Crippen LogP contribution in [-0.4, -0.2) is 43.7 Å². The van der Waals surface area contributed by atoms with Gasteiger partial charge in [0.15, 0.2) is 10.9 Å². The number of Topliss-reactive ketones (excluding diaryl/α,β-unsaturated/α-hetero) is 1. The number of nitro groups is 1. The van der Waals surface area contributed by atoms with Gasteiger partial charge in [-0.15, -0.1) is 10.2 Å². The van der Waals surface area contributed by atoms with Gasteiger partial charge in [-0.3, -0.25) is 24.3 Å². The molecule has 3 aromatic rings. The van der Waals surface area contributed by atoms with Gasteiger partial charge in [0.05, 0.1) is 10.7 Å². The molecule has 2 aromatic carbocycles. The number of hydrogen-bond donors (Lipinski definition) is 1. The quantitative estimate of drug-likeness (QED) is 0.225. The molecule has 1 aromatic heterocycles. The molecule has 0 aliphatic carbocycles. The molecule has 9 nitrogen and oxygen atoms in total. The summed E-state index contributed by atoms with van der Waals surface area (Å²) < 4.78 is 1.81. The molecule has 1 N–H and O–H groups in total. The number of nitro benzene ring substituents is 1. The van der Waals surface area contributed by atoms with E-state index in [2.05, 4.69) is 15.5 Å². The number of rotatable bonds is 9. The summed E-state index contributed by atoms with van der Waals surface area (Å²) in [5, 5.41) is 23.0. The van der Waals surface area contributed by atoms with Gasteiger partial charge in [-0.1, -0.05) is 23.4 Å². The summed E-state index contributed by atoms with van der Waals surface area (Å²) in [5.41, 5.74) is 1.08. The number of carbonyl (C=O) groups excluding carboxylic acids is 2. The van der Waals surface area contributed by atoms with E-state index < -0.39 is 4.92 Å². The van der Waals surface area contributed by atoms with Crippen LogP contribution in [0.15, 0.2) is 53.7 Å². The number of benzene rings is 2. The molecule has 0 saturated carbocycles. The monoisotopic (exact) mass is 459 g/mol. The van der Waals surface area contributed by atoms with Crippen LogP contribution in [0.25, 0.3) is 5.69 Å². The third-order valence-corrected chi connectivity index (χ3v) is 5.42. The normalized spacial score (nSPS) is 10.6. The Hall–Kier alpha value is -3.24. The van der Waals surface area contributed by atoms with Crippen molar-refractivity contribution in [1.82, 2.24) is 20.1 Å². The first-order chi connectivity index (χ1) is 14.8. The van der Waals surface area contributed by atoms with Crippen molar-refractivity contribution in [2.75, 3.05) is 12.3 Å². The third-order valence-electron chi connectivity index (χ3n) is 4.24. The highest BCUT2D eigenvalue weighted by molar-refractivity contribution is 7.99. The van der Waals surface area contributed by atoms with E-state index in [4.69, 9.17) is 11.6 Å². The maximum atomic E-state index is 12.5. The number of thioether (sulfide) groups is 1. The Morgan fingerprint density at radius 2 is 1.81 bits per heavy atom. The van der Waals surface area contributed by atoms with Gasteiger partial charge < -0.3 is 5.32 Å². The average molecular weight is 460 g/mol. The van der Waals surface area contributed by atoms with E-state index in [1.54, 1.807) is 12.1 Å². The van der Waals surface area contributed by atoms with E-state index in [1.807, 2.05) is 16.7 Å². The maximum absolute atomic E-state index is 12.5. The second-order valence-electron chi connectivity index (χ2n) is 6.46. The minimum Gasteiger partial charge on any atom is -0.356 e. The summed E-state index contributed by atoms with van der Waals surface area (Å²) in [6, 6.07) is 12.6. The van der Waals surface area contributed by atoms with Crippen LogP contribution in [0.1, 0.15) is 23.1 Å². The van der Waals surface area contributed by atoms with Gasteiger partial charge in [0.2, 0.25) is 5.91 Å². The number of ketones is 1. The molecule has 11 heteroatoms. The Morgan fingerprint density at radius 3 is 2.42 bits per heavy atom. The van der Waals surface area contributed by atoms with Crippen molar-refractivity contribution in [2.45, 2.75) is 18.5 Å². The zero-order valence-corrected chi connectivity index (χ0v) is 18.0. The Balaban J connectivity index is 1.78. The molecular formula is C20H18ClN5O4S. The van der Waals surface area contributed by atoms with Gasteiger partial charge in [-0.05, 0) is 36.4 Å². The minimum atomic E-state index is -0.514. The first-order valence-corrected chi connectivity index (χ1v) is 10.6. The van der Waals surface area contributed by atoms with E-state index >= 15 is 0 Å². The number of nitrogens with zero attached hydrogens (tertiary/aromatic N) is 4. The number of aromatic nitrogens is 3. The predicted octanol–water partition coefficient (Wildman–Crippen LogP) is 3.48. The standard InChI is InChI=1S/C20H18ClN5O4S/c1-13(27)22-11-10-19-23-24-20(25(19)16-8-4-15(21)5-9-16)31-12-18(28)14-2-6-17(7-3-14)26(29)30/h2-9H,10-12H2,1H3,(H,22,27). The summed E-state index contributed by atoms with van der Waals surface area (Å²) in [4.78, 5) is 33.9. The second-order valence-corrected chi connectivity index (χ2v) is 7.84. The van der Waals surface area contributed by atoms with Crippen LogP contribution < -0.4 is 5.32 Å². The highest BCUT2D eigenvalue weighted by Crippen LogP contribution is 2.24. The average Bonchev–Trinajstić information content (AvgIpc) is 3.15. The Kier molecular flexibility index (Phi) is 7.37. The summed E-state index contributed by atoms with van der Waals surface area (Å²) in [5.74, 6) is 0.377. The molecule has 0 atom stereocenters. The SMILES string of the molecule is CC(=O)NCCc1nnc(SCC(=O)c2ccc([N+](=O)[O-])cc2)n1-c1ccc(Cl)cc1. The van der Waals surface area contributed by atoms with E-state index in [9.17, 15) is 19.7 Å². The topological polar surface area (TPSA) is 120 Å². The van der Waals surface area contributed by atoms with Crippen molar-refractivity contribution < 1.29 is 14.5 Å². The lowest BCUT2D eigenvalue weighted by molar-refractivity contribution is -0.384. The molecule has 3 rings (SSSR count). The van der Waals surface area contributed by atoms with Gasteiger partial charge in [-0.2, -0.15) is 0 Å². The molecule has 0 unspecified atom stereocenters. The van der Waals surface area contributed by atoms with Crippen molar-refractivity contribution in [1.29, 1.82) is 0 Å². The lowest BCUT2D eigenvalue weighted by atomic mass is 10.1. The van der Waals surface area contributed by atoms with Crippen LogP contribution in [-0.2, 0) is 11.2 Å². The fourth-order valence-electron chi connectivity index (χ4n) is 2.74. The van der Waals surface area contributed by atoms with E-state index in [0.29, 0.717) is 34.5 Å². The lowest BCUT2D eigenvalue weighted by Crippen LogP contribution is -2.23. The number of amides is 1. The smallest absolute Gasteiger partial charge is 0.269 e. The minimum absolute atomic E-state index is 0.0736. The van der Waals surface area contributed by atoms with Gasteiger partial charge >= 0.3 is 0 Å². The summed E-state index contributed by atoms with van der Waals surface area (Å²) >= 11 is 7.20. The van der Waals surface area contributed by atoms with Crippen molar-refractivity contribution in [3.8, 4) is 5.69 Å². The fourth-order valence-corrected chi connectivity index (χ4v) is 3.73. The van der Waals surface area contributed by atoms with Gasteiger partial charge in [0, 0.05) is 48.3 Å². The van der Waals surface area contributed by atoms with Gasteiger partial charge in [-0.25, -0.2) is 0 Å². The molecule has 0 saturated heterocycles. The van der Waals surface area contributed by atoms with E-state index in [1.165, 1.54) is 43.0 Å². The maximum Gasteiger partial charge on any atom is 0.269 e. The van der Waals surface area contributed by atoms with Crippen molar-refractivity contribution >= 4 is 40.7 Å². The fraction of sp³-hybridized carbons (Fsp3) is 0.200. The molecule has 160 valence electrons. The van der Waals surface area contributed by atoms with Crippen LogP contribution in [0.2, 0.25) is 5.02 Å². The first-order valence-electron chi connectivity index (χ1n) is 9.20. The number of halogens is 1. The lowest BCUT2D eigenvalue weighted by Gasteiger charge is -2.10. The third kappa shape index (κ3) is 5.89. The highest BCUT2D eigenvalue weighted by atomic mass is 35.5. The molecule has 1 heterocycles. The molecule has 0 bridgehead atoms. The molecule has 0 fully saturated rings. The zero-order chi connectivity index (χ0) is 22.4. The zero-order valence-electron chi connectivity index (χ0n) is 16.4. The van der Waals surface area contributed by atoms with Crippen LogP contribution in [0.4, 0.5) is 5.69 Å². The number of non-ortho nitro benzene ring substituents is 1. The van der Waals surface area contributed by atoms with Gasteiger partial charge in [0.1, 0.15) is 5.82 Å². The molecule has 0 spiro atoms. The van der Waals surface area contributed by atoms with Crippen molar-refractivity contribution in [2.24, 2.45) is 0 Å². The van der Waals surface area contributed by atoms with E-state index in [0.717, 1.165) is 5.69 Å². The Labute approximate surface area is 187 Å². The predicted molar refractivity (Wildman–Crippen MR) is 117 cm³/mol. The van der Waals surface area contributed by atoms with E-state index in [-0.39, 0.29) is 23.1 Å². The highest BCUT2D eigenvalue weighted by Gasteiger charge is 2.17. The Morgan fingerprint density at radius 1 is 1.13 bits per heavy atom. The molecule has 0 radical (unpaired) electrons. The molecule has 1 amide bonds. The number of carbonyl (C=O) groups is 2. The first kappa shape index (κ1) is 22.4. The van der Waals surface area contributed by atoms with Crippen molar-refractivity contribution in [3.05, 3.63) is 75.1 Å². The van der Waals surface area contributed by atoms with Crippen LogP contribution in [0.3, 0.4) is 0 Å². The van der Waals surface area contributed by atoms with Crippen LogP contribution >= 0.6 is 23.4 Å². The molecule has 31 heavy (non-hydrogen) atoms. The van der Waals surface area contributed by atoms with Crippen molar-refractivity contribution in [3.63, 3.8) is 0 Å². The molecular weight excluding hydrogens is 442 g/mol. The summed E-state index contributed by atoms with van der Waals surface area (Å²) in [6.07, 6.45) is 0.450. The summed E-state index contributed by atoms with van der Waals surface area (Å²) in [7, 11) is 0. The Bertz CT molecular complexity index is 1100.